The number of benzene rings is 1. The van der Waals surface area contributed by atoms with Gasteiger partial charge >= 0.3 is 0 Å². The molecule has 0 fully saturated rings. The number of nitrogens with zero attached hydrogens (tertiary/aromatic N) is 2. The number of hydrogen-bond donors (Lipinski definition) is 2. The summed E-state index contributed by atoms with van der Waals surface area (Å²) < 4.78 is 1.52. The summed E-state index contributed by atoms with van der Waals surface area (Å²) >= 11 is 0. The van der Waals surface area contributed by atoms with Gasteiger partial charge in [-0.3, -0.25) is 9.48 Å². The molecule has 1 heterocycles. The van der Waals surface area contributed by atoms with E-state index in [9.17, 15) is 4.79 Å². The van der Waals surface area contributed by atoms with Crippen LogP contribution in [0.4, 0.5) is 5.69 Å². The van der Waals surface area contributed by atoms with E-state index < -0.39 is 0 Å². The van der Waals surface area contributed by atoms with Crippen LogP contribution >= 0.6 is 0 Å². The normalized spacial score (nSPS) is 9.70. The molecule has 5 heteroatoms. The minimum atomic E-state index is -0.205. The van der Waals surface area contributed by atoms with Crippen LogP contribution in [0.1, 0.15) is 22.5 Å². The van der Waals surface area contributed by atoms with Crippen LogP contribution in [0.25, 0.3) is 0 Å². The predicted molar refractivity (Wildman–Crippen MR) is 76.2 cm³/mol. The molecule has 1 aromatic heterocycles. The van der Waals surface area contributed by atoms with Crippen molar-refractivity contribution in [2.24, 2.45) is 7.05 Å². The van der Waals surface area contributed by atoms with E-state index in [0.717, 1.165) is 5.56 Å². The summed E-state index contributed by atoms with van der Waals surface area (Å²) in [5, 5.41) is 15.4. The molecule has 2 aromatic rings. The van der Waals surface area contributed by atoms with Crippen molar-refractivity contribution in [1.29, 1.82) is 0 Å². The lowest BCUT2D eigenvalue weighted by Gasteiger charge is -2.05. The fraction of sp³-hybridized carbons (Fsp3) is 0.200. The molecule has 0 saturated heterocycles. The third-order valence-corrected chi connectivity index (χ3v) is 2.67. The highest BCUT2D eigenvalue weighted by molar-refractivity contribution is 6.02. The predicted octanol–water partition coefficient (Wildman–Crippen LogP) is 1.41. The van der Waals surface area contributed by atoms with E-state index in [4.69, 9.17) is 5.11 Å². The van der Waals surface area contributed by atoms with Crippen molar-refractivity contribution < 1.29 is 9.90 Å². The topological polar surface area (TPSA) is 67.2 Å². The largest absolute Gasteiger partial charge is 0.395 e. The molecule has 0 aliphatic carbocycles. The minimum absolute atomic E-state index is 0.0614. The number of amides is 1. The molecule has 20 heavy (non-hydrogen) atoms. The van der Waals surface area contributed by atoms with Gasteiger partial charge < -0.3 is 10.4 Å². The Hall–Kier alpha value is -2.58. The molecular weight excluding hydrogens is 254 g/mol. The highest BCUT2D eigenvalue weighted by Gasteiger charge is 2.09. The maximum absolute atomic E-state index is 12.0. The summed E-state index contributed by atoms with van der Waals surface area (Å²) in [6, 6.07) is 8.88. The van der Waals surface area contributed by atoms with Gasteiger partial charge in [-0.25, -0.2) is 0 Å². The second-order valence-corrected chi connectivity index (χ2v) is 4.15. The van der Waals surface area contributed by atoms with Gasteiger partial charge in [-0.1, -0.05) is 11.8 Å². The highest BCUT2D eigenvalue weighted by Crippen LogP contribution is 2.10. The number of hydrogen-bond acceptors (Lipinski definition) is 3. The Kier molecular flexibility index (Phi) is 4.53. The monoisotopic (exact) mass is 269 g/mol. The summed E-state index contributed by atoms with van der Waals surface area (Å²) in [7, 11) is 1.72. The third-order valence-electron chi connectivity index (χ3n) is 2.67. The molecule has 2 rings (SSSR count). The molecule has 0 atom stereocenters. The van der Waals surface area contributed by atoms with Gasteiger partial charge in [-0.2, -0.15) is 5.10 Å². The van der Waals surface area contributed by atoms with Crippen LogP contribution in [0.2, 0.25) is 0 Å². The van der Waals surface area contributed by atoms with Gasteiger partial charge in [-0.05, 0) is 30.3 Å². The molecule has 0 saturated carbocycles. The van der Waals surface area contributed by atoms with Crippen molar-refractivity contribution in [2.75, 3.05) is 11.9 Å². The van der Waals surface area contributed by atoms with E-state index >= 15 is 0 Å². The van der Waals surface area contributed by atoms with E-state index in [0.29, 0.717) is 17.8 Å². The Morgan fingerprint density at radius 3 is 2.70 bits per heavy atom. The van der Waals surface area contributed by atoms with Crippen LogP contribution in [-0.2, 0) is 7.05 Å². The van der Waals surface area contributed by atoms with Gasteiger partial charge in [0.1, 0.15) is 5.69 Å². The Labute approximate surface area is 117 Å². The zero-order valence-electron chi connectivity index (χ0n) is 11.1. The van der Waals surface area contributed by atoms with E-state index in [-0.39, 0.29) is 12.5 Å². The number of anilines is 1. The van der Waals surface area contributed by atoms with Crippen LogP contribution in [0.3, 0.4) is 0 Å². The average molecular weight is 269 g/mol. The molecular formula is C15H15N3O2. The first kappa shape index (κ1) is 13.8. The first-order valence-electron chi connectivity index (χ1n) is 6.20. The van der Waals surface area contributed by atoms with Crippen LogP contribution in [0.15, 0.2) is 36.5 Å². The molecule has 5 nitrogen and oxygen atoms in total. The molecule has 0 aliphatic rings. The molecule has 0 unspecified atom stereocenters. The zero-order chi connectivity index (χ0) is 14.4. The number of carbonyl (C=O) groups is 1. The van der Waals surface area contributed by atoms with Crippen molar-refractivity contribution >= 4 is 11.6 Å². The number of carbonyl (C=O) groups excluding carboxylic acids is 1. The summed E-state index contributed by atoms with van der Waals surface area (Å²) in [5.41, 5.74) is 2.04. The second-order valence-electron chi connectivity index (χ2n) is 4.15. The fourth-order valence-corrected chi connectivity index (χ4v) is 1.65. The maximum atomic E-state index is 12.0. The third kappa shape index (κ3) is 3.46. The summed E-state index contributed by atoms with van der Waals surface area (Å²) in [6.45, 7) is 0.0614. The first-order chi connectivity index (χ1) is 9.70. The smallest absolute Gasteiger partial charge is 0.273 e. The fourth-order valence-electron chi connectivity index (χ4n) is 1.65. The number of aryl methyl sites for hydroxylation is 1. The van der Waals surface area contributed by atoms with E-state index in [1.807, 2.05) is 12.1 Å². The molecule has 0 radical (unpaired) electrons. The van der Waals surface area contributed by atoms with Gasteiger partial charge in [0.15, 0.2) is 0 Å². The van der Waals surface area contributed by atoms with Crippen molar-refractivity contribution in [3.05, 3.63) is 47.8 Å². The van der Waals surface area contributed by atoms with Gasteiger partial charge in [0.2, 0.25) is 0 Å². The molecule has 102 valence electrons. The van der Waals surface area contributed by atoms with Crippen LogP contribution in [0, 0.1) is 11.8 Å². The van der Waals surface area contributed by atoms with Gasteiger partial charge in [-0.15, -0.1) is 0 Å². The lowest BCUT2D eigenvalue weighted by atomic mass is 10.2. The quantitative estimate of drug-likeness (QED) is 0.828. The minimum Gasteiger partial charge on any atom is -0.395 e. The average Bonchev–Trinajstić information content (AvgIpc) is 2.87. The Balaban J connectivity index is 2.03. The Morgan fingerprint density at radius 2 is 2.10 bits per heavy atom. The molecule has 0 bridgehead atoms. The van der Waals surface area contributed by atoms with E-state index in [1.54, 1.807) is 31.4 Å². The highest BCUT2D eigenvalue weighted by atomic mass is 16.2. The van der Waals surface area contributed by atoms with Gasteiger partial charge in [0.05, 0.1) is 6.61 Å². The zero-order valence-corrected chi connectivity index (χ0v) is 11.1. The molecule has 0 spiro atoms. The number of aliphatic hydroxyl groups is 1. The number of nitrogens with one attached hydrogen (secondary N) is 1. The van der Waals surface area contributed by atoms with Gasteiger partial charge in [0.25, 0.3) is 5.91 Å². The molecule has 2 N–H and O–H groups in total. The van der Waals surface area contributed by atoms with Gasteiger partial charge in [0, 0.05) is 30.9 Å². The Bertz CT molecular complexity index is 648. The molecule has 1 amide bonds. The lowest BCUT2D eigenvalue weighted by molar-refractivity contribution is 0.101. The van der Waals surface area contributed by atoms with Crippen molar-refractivity contribution in [2.45, 2.75) is 6.42 Å². The number of aromatic nitrogens is 2. The number of aliphatic hydroxyl groups excluding tert-OH is 1. The second kappa shape index (κ2) is 6.55. The lowest BCUT2D eigenvalue weighted by Crippen LogP contribution is -2.15. The molecule has 1 aromatic carbocycles. The summed E-state index contributed by atoms with van der Waals surface area (Å²) in [4.78, 5) is 12.0. The summed E-state index contributed by atoms with van der Waals surface area (Å²) in [5.74, 6) is 5.56. The van der Waals surface area contributed by atoms with Crippen molar-refractivity contribution in [1.82, 2.24) is 9.78 Å². The Morgan fingerprint density at radius 1 is 1.35 bits per heavy atom. The van der Waals surface area contributed by atoms with Crippen molar-refractivity contribution in [3.63, 3.8) is 0 Å². The first-order valence-corrected chi connectivity index (χ1v) is 6.20. The van der Waals surface area contributed by atoms with Crippen LogP contribution in [0.5, 0.6) is 0 Å². The summed E-state index contributed by atoms with van der Waals surface area (Å²) in [6.07, 6.45) is 2.04. The SMILES string of the molecule is Cn1nccc1C(=O)Nc1ccc(C#CCCO)cc1. The van der Waals surface area contributed by atoms with Crippen LogP contribution in [-0.4, -0.2) is 27.4 Å². The van der Waals surface area contributed by atoms with E-state index in [2.05, 4.69) is 22.3 Å². The molecule has 0 aliphatic heterocycles. The van der Waals surface area contributed by atoms with E-state index in [1.165, 1.54) is 4.68 Å². The maximum Gasteiger partial charge on any atom is 0.273 e. The van der Waals surface area contributed by atoms with Crippen LogP contribution < -0.4 is 5.32 Å². The standard InChI is InChI=1S/C15H15N3O2/c1-18-14(9-10-16-18)15(20)17-13-7-5-12(6-8-13)4-2-3-11-19/h5-10,19H,3,11H2,1H3,(H,17,20). The van der Waals surface area contributed by atoms with Crippen molar-refractivity contribution in [3.8, 4) is 11.8 Å². The number of rotatable bonds is 3.